The van der Waals surface area contributed by atoms with Crippen molar-refractivity contribution in [1.82, 2.24) is 5.32 Å². The van der Waals surface area contributed by atoms with Gasteiger partial charge in [0, 0.05) is 16.0 Å². The summed E-state index contributed by atoms with van der Waals surface area (Å²) >= 11 is 1.44. The number of carbonyl (C=O) groups excluding carboxylic acids is 2. The van der Waals surface area contributed by atoms with E-state index in [0.717, 1.165) is 16.0 Å². The average molecular weight is 372 g/mol. The molecular weight excluding hydrogens is 346 g/mol. The minimum atomic E-state index is -0.494. The summed E-state index contributed by atoms with van der Waals surface area (Å²) < 4.78 is 0. The van der Waals surface area contributed by atoms with Gasteiger partial charge < -0.3 is 16.4 Å². The van der Waals surface area contributed by atoms with Crippen molar-refractivity contribution in [3.8, 4) is 0 Å². The lowest BCUT2D eigenvalue weighted by atomic mass is 9.81. The predicted octanol–water partition coefficient (Wildman–Crippen LogP) is 3.19. The van der Waals surface area contributed by atoms with Gasteiger partial charge in [-0.05, 0) is 45.2 Å². The van der Waals surface area contributed by atoms with Crippen LogP contribution in [0.25, 0.3) is 0 Å². The Bertz CT molecular complexity index is 853. The van der Waals surface area contributed by atoms with Crippen LogP contribution in [0.15, 0.2) is 30.3 Å². The number of amides is 2. The zero-order valence-electron chi connectivity index (χ0n) is 15.6. The number of nitrogens with two attached hydrogens (primary N) is 1. The highest BCUT2D eigenvalue weighted by Gasteiger charge is 2.41. The Morgan fingerprint density at radius 3 is 2.46 bits per heavy atom. The number of fused-ring (bicyclic) bond motifs is 1. The number of benzene rings is 1. The van der Waals surface area contributed by atoms with Crippen LogP contribution in [-0.4, -0.2) is 17.4 Å². The molecule has 0 aliphatic carbocycles. The van der Waals surface area contributed by atoms with Crippen LogP contribution in [0.4, 0.5) is 5.00 Å². The molecular formula is C20H25N3O2S. The van der Waals surface area contributed by atoms with Gasteiger partial charge in [0.1, 0.15) is 5.00 Å². The summed E-state index contributed by atoms with van der Waals surface area (Å²) in [5, 5.41) is 7.07. The molecule has 0 saturated carbocycles. The summed E-state index contributed by atoms with van der Waals surface area (Å²) in [5.74, 6) is -0.645. The van der Waals surface area contributed by atoms with Gasteiger partial charge in [-0.2, -0.15) is 0 Å². The van der Waals surface area contributed by atoms with Gasteiger partial charge in [0.2, 0.25) is 5.91 Å². The van der Waals surface area contributed by atoms with E-state index in [2.05, 4.69) is 38.3 Å². The van der Waals surface area contributed by atoms with Crippen LogP contribution < -0.4 is 16.4 Å². The Kier molecular flexibility index (Phi) is 4.67. The molecule has 1 aromatic carbocycles. The molecule has 3 rings (SSSR count). The fourth-order valence-corrected chi connectivity index (χ4v) is 5.13. The maximum absolute atomic E-state index is 12.5. The number of primary amides is 1. The van der Waals surface area contributed by atoms with Gasteiger partial charge in [0.15, 0.2) is 0 Å². The standard InChI is InChI=1S/C20H25N3O2S/c1-19(2)11-13-15(17(21)25)18(26-16(13)20(3,4)23-19)22-14(24)10-12-8-6-5-7-9-12/h5-9,23H,10-11H2,1-4H3,(H2,21,25)(H,22,24). The topological polar surface area (TPSA) is 84.2 Å². The quantitative estimate of drug-likeness (QED) is 0.772. The second kappa shape index (κ2) is 6.52. The van der Waals surface area contributed by atoms with Crippen LogP contribution in [0.3, 0.4) is 0 Å². The second-order valence-corrected chi connectivity index (χ2v) is 9.02. The molecule has 138 valence electrons. The third-order valence-corrected chi connectivity index (χ3v) is 6.02. The van der Waals surface area contributed by atoms with E-state index in [9.17, 15) is 9.59 Å². The molecule has 2 heterocycles. The second-order valence-electron chi connectivity index (χ2n) is 8.00. The maximum Gasteiger partial charge on any atom is 0.251 e. The number of thiophene rings is 1. The fraction of sp³-hybridized carbons (Fsp3) is 0.400. The lowest BCUT2D eigenvalue weighted by Gasteiger charge is -2.42. The molecule has 2 amide bonds. The Balaban J connectivity index is 1.95. The third-order valence-electron chi connectivity index (χ3n) is 4.55. The van der Waals surface area contributed by atoms with E-state index in [0.29, 0.717) is 17.0 Å². The van der Waals surface area contributed by atoms with Crippen molar-refractivity contribution in [1.29, 1.82) is 0 Å². The Morgan fingerprint density at radius 1 is 1.19 bits per heavy atom. The van der Waals surface area contributed by atoms with Crippen LogP contribution in [0.1, 0.15) is 54.1 Å². The van der Waals surface area contributed by atoms with E-state index in [-0.39, 0.29) is 23.4 Å². The first kappa shape index (κ1) is 18.6. The number of rotatable bonds is 4. The molecule has 1 aliphatic heterocycles. The van der Waals surface area contributed by atoms with Gasteiger partial charge in [-0.25, -0.2) is 0 Å². The van der Waals surface area contributed by atoms with Crippen molar-refractivity contribution in [2.45, 2.75) is 51.6 Å². The molecule has 0 unspecified atom stereocenters. The number of anilines is 1. The first-order chi connectivity index (χ1) is 12.1. The van der Waals surface area contributed by atoms with Crippen molar-refractivity contribution >= 4 is 28.2 Å². The zero-order valence-corrected chi connectivity index (χ0v) is 16.4. The molecule has 4 N–H and O–H groups in total. The molecule has 0 spiro atoms. The van der Waals surface area contributed by atoms with Gasteiger partial charge >= 0.3 is 0 Å². The third kappa shape index (κ3) is 3.66. The number of nitrogens with one attached hydrogen (secondary N) is 2. The lowest BCUT2D eigenvalue weighted by Crippen LogP contribution is -2.55. The van der Waals surface area contributed by atoms with Crippen molar-refractivity contribution < 1.29 is 9.59 Å². The molecule has 1 aliphatic rings. The van der Waals surface area contributed by atoms with Gasteiger partial charge in [-0.15, -0.1) is 11.3 Å². The summed E-state index contributed by atoms with van der Waals surface area (Å²) in [4.78, 5) is 25.7. The Morgan fingerprint density at radius 2 is 1.85 bits per heavy atom. The smallest absolute Gasteiger partial charge is 0.251 e. The highest BCUT2D eigenvalue weighted by molar-refractivity contribution is 7.17. The van der Waals surface area contributed by atoms with Gasteiger partial charge in [-0.3, -0.25) is 9.59 Å². The van der Waals surface area contributed by atoms with Crippen molar-refractivity contribution in [2.24, 2.45) is 5.73 Å². The first-order valence-corrected chi connectivity index (χ1v) is 9.50. The first-order valence-electron chi connectivity index (χ1n) is 8.68. The highest BCUT2D eigenvalue weighted by atomic mass is 32.1. The van der Waals surface area contributed by atoms with Gasteiger partial charge in [-0.1, -0.05) is 30.3 Å². The van der Waals surface area contributed by atoms with E-state index < -0.39 is 5.91 Å². The summed E-state index contributed by atoms with van der Waals surface area (Å²) in [6, 6.07) is 9.53. The summed E-state index contributed by atoms with van der Waals surface area (Å²) in [5.41, 5.74) is 7.56. The molecule has 2 aromatic rings. The molecule has 5 nitrogen and oxygen atoms in total. The summed E-state index contributed by atoms with van der Waals surface area (Å²) in [6.45, 7) is 8.38. The summed E-state index contributed by atoms with van der Waals surface area (Å²) in [7, 11) is 0. The van der Waals surface area contributed by atoms with E-state index in [4.69, 9.17) is 5.73 Å². The van der Waals surface area contributed by atoms with E-state index in [1.54, 1.807) is 0 Å². The normalized spacial score (nSPS) is 17.4. The Hall–Kier alpha value is -2.18. The van der Waals surface area contributed by atoms with Crippen molar-refractivity contribution in [3.63, 3.8) is 0 Å². The largest absolute Gasteiger partial charge is 0.365 e. The number of carbonyl (C=O) groups is 2. The minimum Gasteiger partial charge on any atom is -0.365 e. The molecule has 0 bridgehead atoms. The lowest BCUT2D eigenvalue weighted by molar-refractivity contribution is -0.115. The van der Waals surface area contributed by atoms with Crippen LogP contribution >= 0.6 is 11.3 Å². The van der Waals surface area contributed by atoms with Crippen molar-refractivity contribution in [3.05, 3.63) is 51.9 Å². The molecule has 0 saturated heterocycles. The van der Waals surface area contributed by atoms with Crippen LogP contribution in [-0.2, 0) is 23.2 Å². The van der Waals surface area contributed by atoms with Crippen molar-refractivity contribution in [2.75, 3.05) is 5.32 Å². The van der Waals surface area contributed by atoms with Gasteiger partial charge in [0.25, 0.3) is 5.91 Å². The monoisotopic (exact) mass is 371 g/mol. The highest BCUT2D eigenvalue weighted by Crippen LogP contribution is 2.44. The van der Waals surface area contributed by atoms with E-state index in [1.807, 2.05) is 30.3 Å². The molecule has 26 heavy (non-hydrogen) atoms. The maximum atomic E-state index is 12.5. The van der Waals surface area contributed by atoms with Gasteiger partial charge in [0.05, 0.1) is 12.0 Å². The van der Waals surface area contributed by atoms with E-state index in [1.165, 1.54) is 11.3 Å². The molecule has 1 aromatic heterocycles. The van der Waals surface area contributed by atoms with Crippen LogP contribution in [0.5, 0.6) is 0 Å². The molecule has 0 radical (unpaired) electrons. The Labute approximate surface area is 158 Å². The van der Waals surface area contributed by atoms with Crippen LogP contribution in [0.2, 0.25) is 0 Å². The number of hydrogen-bond donors (Lipinski definition) is 3. The zero-order chi connectivity index (χ0) is 19.1. The minimum absolute atomic E-state index is 0.151. The number of hydrogen-bond acceptors (Lipinski definition) is 4. The average Bonchev–Trinajstić information content (AvgIpc) is 2.84. The van der Waals surface area contributed by atoms with Crippen LogP contribution in [0, 0.1) is 0 Å². The predicted molar refractivity (Wildman–Crippen MR) is 106 cm³/mol. The summed E-state index contributed by atoms with van der Waals surface area (Å²) in [6.07, 6.45) is 0.948. The molecule has 6 heteroatoms. The van der Waals surface area contributed by atoms with E-state index >= 15 is 0 Å². The SMILES string of the molecule is CC1(C)Cc2c(sc(NC(=O)Cc3ccccc3)c2C(N)=O)C(C)(C)N1. The molecule has 0 atom stereocenters. The molecule has 0 fully saturated rings. The fourth-order valence-electron chi connectivity index (χ4n) is 3.83.